The van der Waals surface area contributed by atoms with Crippen LogP contribution in [0.3, 0.4) is 0 Å². The van der Waals surface area contributed by atoms with Crippen LogP contribution in [0.4, 0.5) is 0 Å². The molecule has 1 heterocycles. The van der Waals surface area contributed by atoms with E-state index in [4.69, 9.17) is 4.74 Å². The number of hydrogen-bond acceptors (Lipinski definition) is 5. The molecule has 7 nitrogen and oxygen atoms in total. The molecule has 0 aliphatic carbocycles. The van der Waals surface area contributed by atoms with Crippen molar-refractivity contribution in [1.82, 2.24) is 16.0 Å². The Balaban J connectivity index is 3.26. The molecule has 0 spiro atoms. The normalized spacial score (nSPS) is 27.2. The van der Waals surface area contributed by atoms with Crippen LogP contribution < -0.4 is 16.0 Å². The Morgan fingerprint density at radius 2 is 2.00 bits per heavy atom. The number of methoxy groups -OCH3 is 1. The van der Waals surface area contributed by atoms with E-state index in [9.17, 15) is 14.4 Å². The Bertz CT molecular complexity index is 498. The average Bonchev–Trinajstić information content (AvgIpc) is 2.76. The highest BCUT2D eigenvalue weighted by Gasteiger charge is 2.56. The monoisotopic (exact) mass is 325 g/mol. The minimum atomic E-state index is -1.23. The molecular formula is C16H27N3O4. The maximum atomic E-state index is 12.9. The summed E-state index contributed by atoms with van der Waals surface area (Å²) in [5.74, 6) is -1.62. The molecule has 1 saturated heterocycles. The van der Waals surface area contributed by atoms with E-state index in [0.29, 0.717) is 6.42 Å². The Labute approximate surface area is 137 Å². The Kier molecular flexibility index (Phi) is 5.93. The largest absolute Gasteiger partial charge is 0.468 e. The van der Waals surface area contributed by atoms with Crippen LogP contribution >= 0.6 is 0 Å². The van der Waals surface area contributed by atoms with Gasteiger partial charge in [0.1, 0.15) is 11.6 Å². The van der Waals surface area contributed by atoms with E-state index in [-0.39, 0.29) is 18.4 Å². The van der Waals surface area contributed by atoms with Crippen LogP contribution in [-0.2, 0) is 19.1 Å². The zero-order chi connectivity index (χ0) is 17.8. The van der Waals surface area contributed by atoms with E-state index in [0.717, 1.165) is 0 Å². The van der Waals surface area contributed by atoms with Crippen molar-refractivity contribution in [3.05, 3.63) is 12.7 Å². The molecule has 1 fully saturated rings. The summed E-state index contributed by atoms with van der Waals surface area (Å²) < 4.78 is 4.81. The van der Waals surface area contributed by atoms with E-state index in [1.807, 2.05) is 20.8 Å². The van der Waals surface area contributed by atoms with E-state index < -0.39 is 29.0 Å². The Morgan fingerprint density at radius 3 is 2.43 bits per heavy atom. The second-order valence-electron chi connectivity index (χ2n) is 6.87. The topological polar surface area (TPSA) is 96.5 Å². The highest BCUT2D eigenvalue weighted by Crippen LogP contribution is 2.32. The van der Waals surface area contributed by atoms with Crippen molar-refractivity contribution < 1.29 is 19.1 Å². The highest BCUT2D eigenvalue weighted by molar-refractivity contribution is 5.94. The number of carbonyl (C=O) groups is 3. The van der Waals surface area contributed by atoms with Crippen molar-refractivity contribution in [3.63, 3.8) is 0 Å². The van der Waals surface area contributed by atoms with Gasteiger partial charge in [0.05, 0.1) is 7.11 Å². The predicted molar refractivity (Wildman–Crippen MR) is 86.6 cm³/mol. The Hall–Kier alpha value is -1.89. The van der Waals surface area contributed by atoms with Gasteiger partial charge in [0.15, 0.2) is 0 Å². The molecular weight excluding hydrogens is 298 g/mol. The van der Waals surface area contributed by atoms with Crippen molar-refractivity contribution in [1.29, 1.82) is 0 Å². The molecule has 0 aromatic rings. The van der Waals surface area contributed by atoms with Crippen LogP contribution in [0.25, 0.3) is 0 Å². The van der Waals surface area contributed by atoms with E-state index in [2.05, 4.69) is 22.5 Å². The fourth-order valence-electron chi connectivity index (χ4n) is 2.93. The first-order valence-corrected chi connectivity index (χ1v) is 7.61. The molecule has 1 aliphatic heterocycles. The van der Waals surface area contributed by atoms with Gasteiger partial charge in [0.25, 0.3) is 0 Å². The van der Waals surface area contributed by atoms with Crippen molar-refractivity contribution in [2.45, 2.75) is 51.2 Å². The first-order chi connectivity index (χ1) is 10.6. The van der Waals surface area contributed by atoms with Gasteiger partial charge in [0, 0.05) is 24.9 Å². The standard InChI is InChI=1S/C16H27N3O4/c1-7-8-11-12(13(21)23-6)17-9-16(11,18-10(2)20)14(22)19-15(3,4)5/h7,11-12,17H,1,8-9H2,2-6H3,(H,18,20)(H,19,22)/t11-,12-,16+/m0/s1. The van der Waals surface area contributed by atoms with Gasteiger partial charge in [-0.05, 0) is 27.2 Å². The third-order valence-electron chi connectivity index (χ3n) is 3.80. The second kappa shape index (κ2) is 7.12. The van der Waals surface area contributed by atoms with E-state index in [1.54, 1.807) is 6.08 Å². The van der Waals surface area contributed by atoms with Gasteiger partial charge in [-0.1, -0.05) is 6.08 Å². The minimum Gasteiger partial charge on any atom is -0.468 e. The highest BCUT2D eigenvalue weighted by atomic mass is 16.5. The first-order valence-electron chi connectivity index (χ1n) is 7.61. The molecule has 0 saturated carbocycles. The van der Waals surface area contributed by atoms with Gasteiger partial charge >= 0.3 is 5.97 Å². The lowest BCUT2D eigenvalue weighted by Crippen LogP contribution is -2.66. The summed E-state index contributed by atoms with van der Waals surface area (Å²) in [6.45, 7) is 10.8. The molecule has 3 atom stereocenters. The van der Waals surface area contributed by atoms with Crippen molar-refractivity contribution in [3.8, 4) is 0 Å². The van der Waals surface area contributed by atoms with Crippen molar-refractivity contribution >= 4 is 17.8 Å². The summed E-state index contributed by atoms with van der Waals surface area (Å²) in [5, 5.41) is 8.65. The van der Waals surface area contributed by atoms with E-state index in [1.165, 1.54) is 14.0 Å². The lowest BCUT2D eigenvalue weighted by molar-refractivity contribution is -0.145. The fraction of sp³-hybridized carbons (Fsp3) is 0.688. The number of ether oxygens (including phenoxy) is 1. The first kappa shape index (κ1) is 19.2. The maximum absolute atomic E-state index is 12.9. The lowest BCUT2D eigenvalue weighted by atomic mass is 9.79. The number of nitrogens with one attached hydrogen (secondary N) is 3. The minimum absolute atomic E-state index is 0.146. The number of allylic oxidation sites excluding steroid dienone is 1. The molecule has 0 aromatic heterocycles. The molecule has 1 rings (SSSR count). The molecule has 1 aliphatic rings. The Morgan fingerprint density at radius 1 is 1.39 bits per heavy atom. The van der Waals surface area contributed by atoms with Gasteiger partial charge in [-0.15, -0.1) is 6.58 Å². The van der Waals surface area contributed by atoms with Crippen molar-refractivity contribution in [2.24, 2.45) is 5.92 Å². The fourth-order valence-corrected chi connectivity index (χ4v) is 2.93. The third-order valence-corrected chi connectivity index (χ3v) is 3.80. The van der Waals surface area contributed by atoms with Crippen LogP contribution in [0, 0.1) is 5.92 Å². The lowest BCUT2D eigenvalue weighted by Gasteiger charge is -2.37. The van der Waals surface area contributed by atoms with Crippen LogP contribution in [-0.4, -0.2) is 48.6 Å². The average molecular weight is 325 g/mol. The predicted octanol–water partition coefficient (Wildman–Crippen LogP) is 0.113. The zero-order valence-electron chi connectivity index (χ0n) is 14.5. The third kappa shape index (κ3) is 4.31. The molecule has 130 valence electrons. The van der Waals surface area contributed by atoms with Gasteiger partial charge in [-0.25, -0.2) is 0 Å². The van der Waals surface area contributed by atoms with Crippen molar-refractivity contribution in [2.75, 3.05) is 13.7 Å². The molecule has 0 radical (unpaired) electrons. The molecule has 23 heavy (non-hydrogen) atoms. The number of rotatable bonds is 5. The molecule has 3 N–H and O–H groups in total. The summed E-state index contributed by atoms with van der Waals surface area (Å²) >= 11 is 0. The molecule has 0 unspecified atom stereocenters. The molecule has 2 amide bonds. The molecule has 0 bridgehead atoms. The molecule has 7 heteroatoms. The number of amides is 2. The zero-order valence-corrected chi connectivity index (χ0v) is 14.5. The second-order valence-corrected chi connectivity index (χ2v) is 6.87. The van der Waals surface area contributed by atoms with Gasteiger partial charge in [-0.3, -0.25) is 14.4 Å². The molecule has 0 aromatic carbocycles. The quantitative estimate of drug-likeness (QED) is 0.492. The summed E-state index contributed by atoms with van der Waals surface area (Å²) in [6, 6.07) is -0.685. The summed E-state index contributed by atoms with van der Waals surface area (Å²) in [7, 11) is 1.29. The van der Waals surface area contributed by atoms with Gasteiger partial charge < -0.3 is 20.7 Å². The maximum Gasteiger partial charge on any atom is 0.323 e. The summed E-state index contributed by atoms with van der Waals surface area (Å²) in [5.41, 5.74) is -1.70. The van der Waals surface area contributed by atoms with Crippen LogP contribution in [0.5, 0.6) is 0 Å². The summed E-state index contributed by atoms with van der Waals surface area (Å²) in [4.78, 5) is 36.6. The van der Waals surface area contributed by atoms with E-state index >= 15 is 0 Å². The van der Waals surface area contributed by atoms with Gasteiger partial charge in [-0.2, -0.15) is 0 Å². The van der Waals surface area contributed by atoms with Gasteiger partial charge in [0.2, 0.25) is 11.8 Å². The van der Waals surface area contributed by atoms with Crippen LogP contribution in [0.1, 0.15) is 34.1 Å². The van der Waals surface area contributed by atoms with Crippen LogP contribution in [0.2, 0.25) is 0 Å². The van der Waals surface area contributed by atoms with Crippen LogP contribution in [0.15, 0.2) is 12.7 Å². The SMILES string of the molecule is C=CC[C@H]1[C@@H](C(=O)OC)NC[C@]1(NC(C)=O)C(=O)NC(C)(C)C. The summed E-state index contributed by atoms with van der Waals surface area (Å²) in [6.07, 6.45) is 2.01. The number of esters is 1. The number of carbonyl (C=O) groups excluding carboxylic acids is 3. The number of hydrogen-bond donors (Lipinski definition) is 3. The smallest absolute Gasteiger partial charge is 0.323 e.